The van der Waals surface area contributed by atoms with Crippen LogP contribution in [0.2, 0.25) is 0 Å². The molecule has 31 heavy (non-hydrogen) atoms. The van der Waals surface area contributed by atoms with Gasteiger partial charge >= 0.3 is 0 Å². The maximum atomic E-state index is 13.3. The van der Waals surface area contributed by atoms with E-state index in [2.05, 4.69) is 5.32 Å². The lowest BCUT2D eigenvalue weighted by atomic mass is 9.73. The van der Waals surface area contributed by atoms with Crippen LogP contribution in [0.4, 0.5) is 0 Å². The lowest BCUT2D eigenvalue weighted by Gasteiger charge is -2.35. The van der Waals surface area contributed by atoms with Gasteiger partial charge in [-0.3, -0.25) is 9.59 Å². The van der Waals surface area contributed by atoms with Crippen LogP contribution in [0.15, 0.2) is 47.7 Å². The molecular weight excluding hydrogens is 394 g/mol. The van der Waals surface area contributed by atoms with E-state index < -0.39 is 0 Å². The molecule has 4 rings (SSSR count). The number of rotatable bonds is 5. The van der Waals surface area contributed by atoms with Gasteiger partial charge in [-0.15, -0.1) is 0 Å². The van der Waals surface area contributed by atoms with Crippen molar-refractivity contribution in [3.63, 3.8) is 0 Å². The third kappa shape index (κ3) is 3.78. The Labute approximate surface area is 182 Å². The van der Waals surface area contributed by atoms with Crippen molar-refractivity contribution in [2.75, 3.05) is 21.3 Å². The number of nitrogens with one attached hydrogen (secondary N) is 1. The van der Waals surface area contributed by atoms with Crippen LogP contribution in [0, 0.1) is 6.92 Å². The molecule has 0 aromatic heterocycles. The summed E-state index contributed by atoms with van der Waals surface area (Å²) in [5, 5.41) is 2.98. The number of ketones is 1. The highest BCUT2D eigenvalue weighted by molar-refractivity contribution is 6.02. The van der Waals surface area contributed by atoms with E-state index >= 15 is 0 Å². The molecule has 0 bridgehead atoms. The van der Waals surface area contributed by atoms with Crippen molar-refractivity contribution < 1.29 is 23.8 Å². The summed E-state index contributed by atoms with van der Waals surface area (Å²) in [6, 6.07) is 11.7. The average molecular weight is 421 g/mol. The molecule has 2 unspecified atom stereocenters. The molecule has 1 N–H and O–H groups in total. The fraction of sp³-hybridized carbons (Fsp3) is 0.360. The Morgan fingerprint density at radius 2 is 1.58 bits per heavy atom. The van der Waals surface area contributed by atoms with Crippen LogP contribution >= 0.6 is 0 Å². The average Bonchev–Trinajstić information content (AvgIpc) is 2.77. The molecule has 0 saturated heterocycles. The van der Waals surface area contributed by atoms with Crippen LogP contribution in [-0.2, 0) is 9.59 Å². The summed E-state index contributed by atoms with van der Waals surface area (Å²) in [7, 11) is 4.70. The Balaban J connectivity index is 1.74. The highest BCUT2D eigenvalue weighted by atomic mass is 16.5. The van der Waals surface area contributed by atoms with E-state index in [9.17, 15) is 9.59 Å². The highest BCUT2D eigenvalue weighted by Crippen LogP contribution is 2.46. The van der Waals surface area contributed by atoms with E-state index in [1.165, 1.54) is 0 Å². The second-order valence-electron chi connectivity index (χ2n) is 8.04. The van der Waals surface area contributed by atoms with Gasteiger partial charge in [0.25, 0.3) is 0 Å². The molecule has 0 spiro atoms. The summed E-state index contributed by atoms with van der Waals surface area (Å²) in [6.45, 7) is 2.02. The van der Waals surface area contributed by atoms with Gasteiger partial charge in [0.15, 0.2) is 17.3 Å². The topological polar surface area (TPSA) is 73.9 Å². The number of hydrogen-bond donors (Lipinski definition) is 1. The number of allylic oxidation sites excluding steroid dienone is 2. The van der Waals surface area contributed by atoms with Crippen LogP contribution in [0.5, 0.6) is 17.2 Å². The number of Topliss-reactive ketones (excluding diaryl/α,β-unsaturated/α-hetero) is 1. The molecule has 162 valence electrons. The monoisotopic (exact) mass is 421 g/mol. The number of amides is 1. The summed E-state index contributed by atoms with van der Waals surface area (Å²) in [5.41, 5.74) is 4.54. The van der Waals surface area contributed by atoms with Gasteiger partial charge in [0, 0.05) is 30.0 Å². The highest BCUT2D eigenvalue weighted by Gasteiger charge is 2.39. The first kappa shape index (κ1) is 21.0. The summed E-state index contributed by atoms with van der Waals surface area (Å²) in [5.74, 6) is 1.36. The number of aryl methyl sites for hydroxylation is 1. The molecular formula is C25H27NO5. The summed E-state index contributed by atoms with van der Waals surface area (Å²) in [4.78, 5) is 25.9. The number of hydrogen-bond acceptors (Lipinski definition) is 5. The first-order valence-corrected chi connectivity index (χ1v) is 10.4. The van der Waals surface area contributed by atoms with Crippen molar-refractivity contribution in [1.29, 1.82) is 0 Å². The van der Waals surface area contributed by atoms with Gasteiger partial charge in [-0.05, 0) is 48.1 Å². The molecule has 0 saturated carbocycles. The zero-order valence-corrected chi connectivity index (χ0v) is 18.3. The largest absolute Gasteiger partial charge is 0.493 e. The Bertz CT molecular complexity index is 1050. The summed E-state index contributed by atoms with van der Waals surface area (Å²) >= 11 is 0. The molecule has 6 heteroatoms. The molecule has 0 fully saturated rings. The van der Waals surface area contributed by atoms with Crippen molar-refractivity contribution in [2.24, 2.45) is 0 Å². The molecule has 1 aliphatic carbocycles. The van der Waals surface area contributed by atoms with Crippen molar-refractivity contribution in [2.45, 2.75) is 38.0 Å². The van der Waals surface area contributed by atoms with E-state index in [1.54, 1.807) is 21.3 Å². The molecule has 1 amide bonds. The zero-order chi connectivity index (χ0) is 22.1. The molecule has 6 nitrogen and oxygen atoms in total. The van der Waals surface area contributed by atoms with Crippen molar-refractivity contribution in [3.05, 3.63) is 64.4 Å². The third-order valence-corrected chi connectivity index (χ3v) is 6.26. The normalized spacial score (nSPS) is 20.8. The SMILES string of the molecule is COc1cc(C2CC(=O)C3=C(C2)NC(=O)CC3c2ccccc2C)cc(OC)c1OC. The van der Waals surface area contributed by atoms with Gasteiger partial charge in [-0.1, -0.05) is 24.3 Å². The predicted molar refractivity (Wildman–Crippen MR) is 117 cm³/mol. The zero-order valence-electron chi connectivity index (χ0n) is 18.3. The molecule has 2 aliphatic rings. The smallest absolute Gasteiger partial charge is 0.225 e. The van der Waals surface area contributed by atoms with E-state index in [0.717, 1.165) is 28.0 Å². The van der Waals surface area contributed by atoms with Crippen LogP contribution in [0.25, 0.3) is 0 Å². The van der Waals surface area contributed by atoms with E-state index in [1.807, 2.05) is 43.3 Å². The minimum absolute atomic E-state index is 0.0506. The molecule has 2 aromatic rings. The quantitative estimate of drug-likeness (QED) is 0.789. The van der Waals surface area contributed by atoms with Gasteiger partial charge in [-0.2, -0.15) is 0 Å². The standard InChI is InChI=1S/C25H27NO5/c1-14-7-5-6-8-17(14)18-13-23(28)26-19-9-15(10-20(27)24(18)19)16-11-21(29-2)25(31-4)22(12-16)30-3/h5-8,11-12,15,18H,9-10,13H2,1-4H3,(H,26,28). The van der Waals surface area contributed by atoms with Crippen molar-refractivity contribution >= 4 is 11.7 Å². The van der Waals surface area contributed by atoms with Crippen LogP contribution in [0.1, 0.15) is 47.8 Å². The van der Waals surface area contributed by atoms with Gasteiger partial charge in [0.05, 0.1) is 21.3 Å². The van der Waals surface area contributed by atoms with Crippen LogP contribution in [0.3, 0.4) is 0 Å². The Morgan fingerprint density at radius 1 is 0.903 bits per heavy atom. The second kappa shape index (κ2) is 8.46. The first-order chi connectivity index (χ1) is 15.0. The number of ether oxygens (including phenoxy) is 3. The van der Waals surface area contributed by atoms with E-state index in [-0.39, 0.29) is 23.5 Å². The third-order valence-electron chi connectivity index (χ3n) is 6.26. The Morgan fingerprint density at radius 3 is 2.19 bits per heavy atom. The maximum absolute atomic E-state index is 13.3. The minimum Gasteiger partial charge on any atom is -0.493 e. The van der Waals surface area contributed by atoms with Gasteiger partial charge in [-0.25, -0.2) is 0 Å². The van der Waals surface area contributed by atoms with E-state index in [0.29, 0.717) is 36.5 Å². The van der Waals surface area contributed by atoms with Crippen LogP contribution in [-0.4, -0.2) is 33.0 Å². The lowest BCUT2D eigenvalue weighted by molar-refractivity contribution is -0.122. The minimum atomic E-state index is -0.196. The molecule has 2 atom stereocenters. The first-order valence-electron chi connectivity index (χ1n) is 10.4. The van der Waals surface area contributed by atoms with Gasteiger partial charge in [0.1, 0.15) is 0 Å². The van der Waals surface area contributed by atoms with Gasteiger partial charge in [0.2, 0.25) is 11.7 Å². The molecule has 0 radical (unpaired) electrons. The maximum Gasteiger partial charge on any atom is 0.225 e. The number of carbonyl (C=O) groups excluding carboxylic acids is 2. The van der Waals surface area contributed by atoms with E-state index in [4.69, 9.17) is 14.2 Å². The summed E-state index contributed by atoms with van der Waals surface area (Å²) < 4.78 is 16.4. The van der Waals surface area contributed by atoms with Crippen LogP contribution < -0.4 is 19.5 Å². The number of methoxy groups -OCH3 is 3. The fourth-order valence-electron chi connectivity index (χ4n) is 4.78. The van der Waals surface area contributed by atoms with Crippen molar-refractivity contribution in [3.8, 4) is 17.2 Å². The molecule has 2 aromatic carbocycles. The molecule has 1 heterocycles. The fourth-order valence-corrected chi connectivity index (χ4v) is 4.78. The molecule has 1 aliphatic heterocycles. The van der Waals surface area contributed by atoms with Gasteiger partial charge < -0.3 is 19.5 Å². The second-order valence-corrected chi connectivity index (χ2v) is 8.04. The number of carbonyl (C=O) groups is 2. The van der Waals surface area contributed by atoms with Crippen molar-refractivity contribution in [1.82, 2.24) is 5.32 Å². The number of benzene rings is 2. The predicted octanol–water partition coefficient (Wildman–Crippen LogP) is 4.03. The Kier molecular flexibility index (Phi) is 5.72. The summed E-state index contributed by atoms with van der Waals surface area (Å²) in [6.07, 6.45) is 1.24. The lowest BCUT2D eigenvalue weighted by Crippen LogP contribution is -2.38. The Hall–Kier alpha value is -3.28.